The van der Waals surface area contributed by atoms with Crippen LogP contribution in [-0.4, -0.2) is 41.8 Å². The smallest absolute Gasteiger partial charge is 0.319 e. The summed E-state index contributed by atoms with van der Waals surface area (Å²) in [6, 6.07) is 12.1. The van der Waals surface area contributed by atoms with E-state index in [1.165, 1.54) is 11.6 Å². The Morgan fingerprint density at radius 3 is 2.67 bits per heavy atom. The number of anilines is 1. The molecule has 3 rings (SSSR count). The van der Waals surface area contributed by atoms with Crippen LogP contribution in [0.4, 0.5) is 19.3 Å². The minimum absolute atomic E-state index is 0.0327. The lowest BCUT2D eigenvalue weighted by Gasteiger charge is -2.38. The summed E-state index contributed by atoms with van der Waals surface area (Å²) in [5.41, 5.74) is 1.09. The quantitative estimate of drug-likeness (QED) is 0.753. The Balaban J connectivity index is 1.60. The van der Waals surface area contributed by atoms with Gasteiger partial charge in [0.15, 0.2) is 0 Å². The van der Waals surface area contributed by atoms with E-state index >= 15 is 0 Å². The molecule has 5 nitrogen and oxygen atoms in total. The fourth-order valence-corrected chi connectivity index (χ4v) is 3.35. The second-order valence-corrected chi connectivity index (χ2v) is 6.78. The number of carbonyl (C=O) groups is 1. The van der Waals surface area contributed by atoms with Crippen molar-refractivity contribution in [2.45, 2.75) is 19.0 Å². The Bertz CT molecular complexity index is 773. The van der Waals surface area contributed by atoms with Crippen LogP contribution < -0.4 is 10.6 Å². The van der Waals surface area contributed by atoms with E-state index in [-0.39, 0.29) is 24.3 Å². The van der Waals surface area contributed by atoms with Crippen molar-refractivity contribution in [3.63, 3.8) is 0 Å². The molecule has 1 aliphatic rings. The molecule has 1 aliphatic heterocycles. The molecular weight excluding hydrogens is 352 g/mol. The van der Waals surface area contributed by atoms with Gasteiger partial charge in [-0.2, -0.15) is 0 Å². The average molecular weight is 375 g/mol. The number of nitrogens with one attached hydrogen (secondary N) is 2. The van der Waals surface area contributed by atoms with Crippen LogP contribution in [0.25, 0.3) is 0 Å². The van der Waals surface area contributed by atoms with E-state index in [1.807, 2.05) is 30.3 Å². The van der Waals surface area contributed by atoms with Gasteiger partial charge in [0.05, 0.1) is 5.69 Å². The molecule has 0 radical (unpaired) electrons. The number of halogens is 2. The van der Waals surface area contributed by atoms with Gasteiger partial charge in [-0.1, -0.05) is 30.3 Å². The second kappa shape index (κ2) is 8.92. The molecule has 1 heterocycles. The summed E-state index contributed by atoms with van der Waals surface area (Å²) >= 11 is 0. The molecule has 3 N–H and O–H groups in total. The normalized spacial score (nSPS) is 20.3. The molecular formula is C20H23F2N3O2. The maximum atomic E-state index is 13.7. The van der Waals surface area contributed by atoms with E-state index in [2.05, 4.69) is 15.5 Å². The highest BCUT2D eigenvalue weighted by Crippen LogP contribution is 2.20. The number of urea groups is 1. The van der Waals surface area contributed by atoms with Crippen molar-refractivity contribution < 1.29 is 18.7 Å². The molecule has 7 heteroatoms. The number of rotatable bonds is 5. The van der Waals surface area contributed by atoms with Crippen LogP contribution in [0.2, 0.25) is 0 Å². The fourth-order valence-electron chi connectivity index (χ4n) is 3.35. The van der Waals surface area contributed by atoms with E-state index in [0.29, 0.717) is 12.6 Å². The van der Waals surface area contributed by atoms with Gasteiger partial charge in [0, 0.05) is 37.7 Å². The van der Waals surface area contributed by atoms with Gasteiger partial charge >= 0.3 is 6.03 Å². The molecule has 27 heavy (non-hydrogen) atoms. The third kappa shape index (κ3) is 5.24. The number of hydrogen-bond donors (Lipinski definition) is 3. The second-order valence-electron chi connectivity index (χ2n) is 6.78. The number of piperidine rings is 1. The lowest BCUT2D eigenvalue weighted by molar-refractivity contribution is 0.0958. The molecule has 1 saturated heterocycles. The van der Waals surface area contributed by atoms with Crippen LogP contribution in [0.5, 0.6) is 0 Å². The Labute approximate surface area is 157 Å². The molecule has 144 valence electrons. The highest BCUT2D eigenvalue weighted by atomic mass is 19.1. The molecule has 2 amide bonds. The first kappa shape index (κ1) is 19.3. The number of aliphatic hydroxyl groups excluding tert-OH is 1. The number of likely N-dealkylation sites (tertiary alicyclic amines) is 1. The summed E-state index contributed by atoms with van der Waals surface area (Å²) < 4.78 is 26.7. The molecule has 0 saturated carbocycles. The zero-order valence-electron chi connectivity index (χ0n) is 14.9. The van der Waals surface area contributed by atoms with E-state index in [9.17, 15) is 18.7 Å². The molecule has 0 spiro atoms. The maximum Gasteiger partial charge on any atom is 0.319 e. The highest BCUT2D eigenvalue weighted by Gasteiger charge is 2.30. The van der Waals surface area contributed by atoms with Crippen molar-refractivity contribution in [3.8, 4) is 0 Å². The van der Waals surface area contributed by atoms with Gasteiger partial charge in [-0.15, -0.1) is 0 Å². The first-order chi connectivity index (χ1) is 13.0. The van der Waals surface area contributed by atoms with Gasteiger partial charge in [-0.25, -0.2) is 13.6 Å². The van der Waals surface area contributed by atoms with Crippen LogP contribution in [0.3, 0.4) is 0 Å². The molecule has 0 aromatic heterocycles. The van der Waals surface area contributed by atoms with Crippen LogP contribution in [0.15, 0.2) is 48.5 Å². The Kier molecular flexibility index (Phi) is 6.36. The molecule has 0 bridgehead atoms. The Morgan fingerprint density at radius 2 is 1.96 bits per heavy atom. The van der Waals surface area contributed by atoms with Gasteiger partial charge in [-0.3, -0.25) is 4.90 Å². The van der Waals surface area contributed by atoms with Crippen LogP contribution in [0.1, 0.15) is 12.0 Å². The van der Waals surface area contributed by atoms with E-state index in [1.54, 1.807) is 0 Å². The fraction of sp³-hybridized carbons (Fsp3) is 0.350. The lowest BCUT2D eigenvalue weighted by Crippen LogP contribution is -2.54. The zero-order chi connectivity index (χ0) is 19.2. The zero-order valence-corrected chi connectivity index (χ0v) is 14.9. The number of benzene rings is 2. The average Bonchev–Trinajstić information content (AvgIpc) is 2.65. The standard InChI is InChI=1S/C20H23F2N3O2/c21-16-6-7-18(17(22)10-16)23-20(27)24-19-12-25(9-8-15(19)13-26)11-14-4-2-1-3-5-14/h1-7,10,15,19,26H,8-9,11-13H2,(H2,23,24,27). The third-order valence-electron chi connectivity index (χ3n) is 4.82. The number of hydrogen-bond acceptors (Lipinski definition) is 3. The van der Waals surface area contributed by atoms with Crippen molar-refractivity contribution in [3.05, 3.63) is 65.7 Å². The van der Waals surface area contributed by atoms with E-state index in [4.69, 9.17) is 0 Å². The predicted octanol–water partition coefficient (Wildman–Crippen LogP) is 2.97. The van der Waals surface area contributed by atoms with Gasteiger partial charge in [0.25, 0.3) is 0 Å². The van der Waals surface area contributed by atoms with Crippen molar-refractivity contribution >= 4 is 11.7 Å². The number of nitrogens with zero attached hydrogens (tertiary/aromatic N) is 1. The van der Waals surface area contributed by atoms with Crippen molar-refractivity contribution in [2.24, 2.45) is 5.92 Å². The first-order valence-corrected chi connectivity index (χ1v) is 8.95. The summed E-state index contributed by atoms with van der Waals surface area (Å²) in [5.74, 6) is -1.61. The molecule has 0 aliphatic carbocycles. The minimum atomic E-state index is -0.835. The predicted molar refractivity (Wildman–Crippen MR) is 99.2 cm³/mol. The summed E-state index contributed by atoms with van der Waals surface area (Å²) in [6.07, 6.45) is 0.749. The maximum absolute atomic E-state index is 13.7. The number of carbonyl (C=O) groups excluding carboxylic acids is 1. The van der Waals surface area contributed by atoms with Crippen molar-refractivity contribution in [1.29, 1.82) is 0 Å². The first-order valence-electron chi connectivity index (χ1n) is 8.95. The molecule has 2 unspecified atom stereocenters. The Morgan fingerprint density at radius 1 is 1.19 bits per heavy atom. The van der Waals surface area contributed by atoms with Crippen LogP contribution in [-0.2, 0) is 6.54 Å². The van der Waals surface area contributed by atoms with Crippen LogP contribution in [0, 0.1) is 17.6 Å². The largest absolute Gasteiger partial charge is 0.396 e. The van der Waals surface area contributed by atoms with E-state index < -0.39 is 17.7 Å². The van der Waals surface area contributed by atoms with Gasteiger partial charge in [0.1, 0.15) is 11.6 Å². The van der Waals surface area contributed by atoms with Crippen molar-refractivity contribution in [1.82, 2.24) is 10.2 Å². The highest BCUT2D eigenvalue weighted by molar-refractivity contribution is 5.89. The summed E-state index contributed by atoms with van der Waals surface area (Å²) in [7, 11) is 0. The molecule has 2 aromatic rings. The van der Waals surface area contributed by atoms with Gasteiger partial charge in [-0.05, 0) is 30.7 Å². The van der Waals surface area contributed by atoms with E-state index in [0.717, 1.165) is 25.6 Å². The lowest BCUT2D eigenvalue weighted by atomic mass is 9.92. The minimum Gasteiger partial charge on any atom is -0.396 e. The topological polar surface area (TPSA) is 64.6 Å². The van der Waals surface area contributed by atoms with Gasteiger partial charge < -0.3 is 15.7 Å². The number of aliphatic hydroxyl groups is 1. The molecule has 1 fully saturated rings. The molecule has 2 atom stereocenters. The monoisotopic (exact) mass is 375 g/mol. The van der Waals surface area contributed by atoms with Gasteiger partial charge in [0.2, 0.25) is 0 Å². The summed E-state index contributed by atoms with van der Waals surface area (Å²) in [6.45, 7) is 2.13. The Hall–Kier alpha value is -2.51. The van der Waals surface area contributed by atoms with Crippen LogP contribution >= 0.6 is 0 Å². The SMILES string of the molecule is O=C(Nc1ccc(F)cc1F)NC1CN(Cc2ccccc2)CCC1CO. The van der Waals surface area contributed by atoms with Crippen molar-refractivity contribution in [2.75, 3.05) is 25.0 Å². The number of amides is 2. The molecule has 2 aromatic carbocycles. The summed E-state index contributed by atoms with van der Waals surface area (Å²) in [4.78, 5) is 14.5. The summed E-state index contributed by atoms with van der Waals surface area (Å²) in [5, 5.41) is 14.8. The third-order valence-corrected chi connectivity index (χ3v) is 4.82.